The van der Waals surface area contributed by atoms with Crippen LogP contribution < -0.4 is 5.32 Å². The second-order valence-electron chi connectivity index (χ2n) is 11.3. The van der Waals surface area contributed by atoms with E-state index < -0.39 is 0 Å². The van der Waals surface area contributed by atoms with Crippen molar-refractivity contribution in [2.45, 2.75) is 6.04 Å². The van der Waals surface area contributed by atoms with E-state index in [4.69, 9.17) is 4.99 Å². The number of rotatable bonds is 2. The molecule has 0 bridgehead atoms. The maximum absolute atomic E-state index is 4.87. The van der Waals surface area contributed by atoms with Crippen LogP contribution in [0, 0.1) is 0 Å². The summed E-state index contributed by atoms with van der Waals surface area (Å²) >= 11 is 3.75. The smallest absolute Gasteiger partial charge is 0.0873 e. The molecular weight excluding hydrogens is 563 g/mol. The van der Waals surface area contributed by atoms with E-state index in [1.807, 2.05) is 28.9 Å². The van der Waals surface area contributed by atoms with Crippen molar-refractivity contribution in [2.24, 2.45) is 4.99 Å². The summed E-state index contributed by atoms with van der Waals surface area (Å²) in [4.78, 5) is 8.63. The second kappa shape index (κ2) is 8.77. The molecule has 5 heteroatoms. The maximum atomic E-state index is 4.87. The molecule has 0 amide bonds. The Hall–Kier alpha value is -4.97. The van der Waals surface area contributed by atoms with E-state index >= 15 is 0 Å². The zero-order chi connectivity index (χ0) is 28.1. The number of benzene rings is 5. The number of allylic oxidation sites excluding steroid dienone is 2. The molecule has 2 aliphatic rings. The van der Waals surface area contributed by atoms with Crippen molar-refractivity contribution in [3.63, 3.8) is 0 Å². The minimum Gasteiger partial charge on any atom is -0.371 e. The standard InChI is InChI=1S/C38H23N3S2/c1-3-9-29-23(7-1)27-19-28-26-16-14-22(21-13-15-25-24-8-2-6-12-33(24)42-34(25)17-21)18-35(26)43-38(28)36(37(27)41-29)32-20-39-30-10-4-5-11-31(30)40-32/h1-20,31,40-41H. The molecule has 10 rings (SSSR count). The van der Waals surface area contributed by atoms with E-state index in [9.17, 15) is 0 Å². The third kappa shape index (κ3) is 3.43. The van der Waals surface area contributed by atoms with Crippen LogP contribution in [-0.4, -0.2) is 16.7 Å². The molecule has 4 heterocycles. The lowest BCUT2D eigenvalue weighted by Crippen LogP contribution is -2.36. The Kier molecular flexibility index (Phi) is 4.81. The number of aromatic nitrogens is 1. The highest BCUT2D eigenvalue weighted by Gasteiger charge is 2.24. The Morgan fingerprint density at radius 2 is 1.37 bits per heavy atom. The average molecular weight is 586 g/mol. The quantitative estimate of drug-likeness (QED) is 0.208. The van der Waals surface area contributed by atoms with E-state index in [-0.39, 0.29) is 6.04 Å². The number of hydrogen-bond donors (Lipinski definition) is 2. The molecule has 8 aromatic rings. The summed E-state index contributed by atoms with van der Waals surface area (Å²) in [6, 6.07) is 33.6. The summed E-state index contributed by atoms with van der Waals surface area (Å²) in [7, 11) is 0. The van der Waals surface area contributed by atoms with Gasteiger partial charge in [-0.1, -0.05) is 78.9 Å². The van der Waals surface area contributed by atoms with Gasteiger partial charge < -0.3 is 10.3 Å². The first-order valence-electron chi connectivity index (χ1n) is 14.5. The highest BCUT2D eigenvalue weighted by atomic mass is 32.1. The number of H-pyrrole nitrogens is 1. The van der Waals surface area contributed by atoms with Gasteiger partial charge in [0.25, 0.3) is 0 Å². The topological polar surface area (TPSA) is 40.2 Å². The molecule has 202 valence electrons. The third-order valence-electron chi connectivity index (χ3n) is 8.88. The van der Waals surface area contributed by atoms with Crippen LogP contribution >= 0.6 is 22.7 Å². The molecule has 0 spiro atoms. The van der Waals surface area contributed by atoms with Crippen molar-refractivity contribution in [2.75, 3.05) is 0 Å². The second-order valence-corrected chi connectivity index (χ2v) is 13.4. The molecule has 3 aromatic heterocycles. The first-order valence-corrected chi connectivity index (χ1v) is 16.1. The van der Waals surface area contributed by atoms with Gasteiger partial charge in [-0.2, -0.15) is 0 Å². The first kappa shape index (κ1) is 23.6. The molecule has 1 aliphatic heterocycles. The molecule has 0 saturated heterocycles. The Labute approximate surface area is 254 Å². The van der Waals surface area contributed by atoms with Gasteiger partial charge in [0.05, 0.1) is 29.2 Å². The molecule has 1 aliphatic carbocycles. The van der Waals surface area contributed by atoms with Crippen molar-refractivity contribution in [1.29, 1.82) is 0 Å². The highest BCUT2D eigenvalue weighted by Crippen LogP contribution is 2.45. The van der Waals surface area contributed by atoms with Crippen LogP contribution in [0.4, 0.5) is 0 Å². The summed E-state index contributed by atoms with van der Waals surface area (Å²) in [6.45, 7) is 0. The predicted molar refractivity (Wildman–Crippen MR) is 188 cm³/mol. The molecule has 0 radical (unpaired) electrons. The summed E-state index contributed by atoms with van der Waals surface area (Å²) in [5.74, 6) is 0. The van der Waals surface area contributed by atoms with Crippen molar-refractivity contribution in [3.8, 4) is 11.1 Å². The summed E-state index contributed by atoms with van der Waals surface area (Å²) in [5, 5.41) is 11.5. The molecule has 2 N–H and O–H groups in total. The van der Waals surface area contributed by atoms with Gasteiger partial charge in [-0.15, -0.1) is 22.7 Å². The van der Waals surface area contributed by atoms with Gasteiger partial charge >= 0.3 is 0 Å². The lowest BCUT2D eigenvalue weighted by atomic mass is 9.98. The van der Waals surface area contributed by atoms with Gasteiger partial charge in [0.2, 0.25) is 0 Å². The fraction of sp³-hybridized carbons (Fsp3) is 0.0263. The van der Waals surface area contributed by atoms with Crippen LogP contribution in [0.1, 0.15) is 5.56 Å². The molecule has 1 atom stereocenters. The van der Waals surface area contributed by atoms with E-state index in [1.165, 1.54) is 67.8 Å². The monoisotopic (exact) mass is 585 g/mol. The molecule has 0 fully saturated rings. The number of nitrogens with zero attached hydrogens (tertiary/aromatic N) is 1. The third-order valence-corrected chi connectivity index (χ3v) is 11.2. The first-order chi connectivity index (χ1) is 21.3. The van der Waals surface area contributed by atoms with Gasteiger partial charge in [0, 0.05) is 62.2 Å². The number of hydrogen-bond acceptors (Lipinski definition) is 4. The highest BCUT2D eigenvalue weighted by molar-refractivity contribution is 7.26. The number of aliphatic imine (C=N–C) groups is 1. The summed E-state index contributed by atoms with van der Waals surface area (Å²) in [5.41, 5.74) is 8.11. The molecule has 0 saturated carbocycles. The normalized spacial score (nSPS) is 16.4. The molecule has 3 nitrogen and oxygen atoms in total. The lowest BCUT2D eigenvalue weighted by Gasteiger charge is -2.24. The SMILES string of the molecule is C1=CC2=NC=C(c3c4[nH]c5ccccc5c4cc4c3sc3cc(-c5ccc6c(c5)sc5ccccc56)ccc34)NC2C=C1. The number of aromatic amines is 1. The Morgan fingerprint density at radius 1 is 0.628 bits per heavy atom. The number of thiophene rings is 2. The largest absolute Gasteiger partial charge is 0.371 e. The van der Waals surface area contributed by atoms with Crippen molar-refractivity contribution < 1.29 is 0 Å². The Morgan fingerprint density at radius 3 is 2.26 bits per heavy atom. The number of para-hydroxylation sites is 1. The number of fused-ring (bicyclic) bond motifs is 10. The minimum absolute atomic E-state index is 0.0736. The van der Waals surface area contributed by atoms with Crippen LogP contribution in [0.15, 0.2) is 126 Å². The van der Waals surface area contributed by atoms with Crippen molar-refractivity contribution >= 4 is 96.2 Å². The van der Waals surface area contributed by atoms with Crippen LogP contribution in [0.3, 0.4) is 0 Å². The summed E-state index contributed by atoms with van der Waals surface area (Å²) in [6.07, 6.45) is 10.4. The Bertz CT molecular complexity index is 2600. The van der Waals surface area contributed by atoms with E-state index in [1.54, 1.807) is 0 Å². The van der Waals surface area contributed by atoms with E-state index in [2.05, 4.69) is 126 Å². The average Bonchev–Trinajstić information content (AvgIpc) is 3.73. The molecular formula is C38H23N3S2. The minimum atomic E-state index is 0.0736. The van der Waals surface area contributed by atoms with Gasteiger partial charge in [-0.3, -0.25) is 4.99 Å². The van der Waals surface area contributed by atoms with Crippen molar-refractivity contribution in [1.82, 2.24) is 10.3 Å². The fourth-order valence-corrected chi connectivity index (χ4v) is 9.25. The van der Waals surface area contributed by atoms with E-state index in [0.717, 1.165) is 22.4 Å². The van der Waals surface area contributed by atoms with Crippen LogP contribution in [0.5, 0.6) is 0 Å². The zero-order valence-electron chi connectivity index (χ0n) is 22.9. The maximum Gasteiger partial charge on any atom is 0.0873 e. The van der Waals surface area contributed by atoms with Gasteiger partial charge in [0.15, 0.2) is 0 Å². The van der Waals surface area contributed by atoms with Crippen LogP contribution in [0.2, 0.25) is 0 Å². The van der Waals surface area contributed by atoms with Gasteiger partial charge in [-0.25, -0.2) is 0 Å². The van der Waals surface area contributed by atoms with Gasteiger partial charge in [-0.05, 0) is 47.5 Å². The fourth-order valence-electron chi connectivity index (χ4n) is 6.81. The predicted octanol–water partition coefficient (Wildman–Crippen LogP) is 10.6. The van der Waals surface area contributed by atoms with Crippen molar-refractivity contribution in [3.05, 3.63) is 127 Å². The lowest BCUT2D eigenvalue weighted by molar-refractivity contribution is 0.880. The zero-order valence-corrected chi connectivity index (χ0v) is 24.5. The Balaban J connectivity index is 1.21. The molecule has 1 unspecified atom stereocenters. The van der Waals surface area contributed by atoms with Crippen LogP contribution in [-0.2, 0) is 0 Å². The summed E-state index contributed by atoms with van der Waals surface area (Å²) < 4.78 is 5.25. The molecule has 43 heavy (non-hydrogen) atoms. The van der Waals surface area contributed by atoms with Gasteiger partial charge in [0.1, 0.15) is 0 Å². The van der Waals surface area contributed by atoms with Crippen LogP contribution in [0.25, 0.3) is 79.0 Å². The number of nitrogens with one attached hydrogen (secondary N) is 2. The molecule has 5 aromatic carbocycles. The van der Waals surface area contributed by atoms with E-state index in [0.29, 0.717) is 0 Å².